The molecule has 9 heteroatoms. The molecule has 0 amide bonds. The monoisotopic (exact) mass is 505 g/mol. The number of nitrogens with one attached hydrogen (secondary N) is 1. The zero-order valence-electron chi connectivity index (χ0n) is 21.9. The third-order valence-corrected chi connectivity index (χ3v) is 7.87. The summed E-state index contributed by atoms with van der Waals surface area (Å²) in [7, 11) is 0. The summed E-state index contributed by atoms with van der Waals surface area (Å²) >= 11 is 0. The number of phenolic OH excluding ortho intramolecular Hbond substituents is 1. The number of rotatable bonds is 10. The van der Waals surface area contributed by atoms with Crippen molar-refractivity contribution in [3.63, 3.8) is 0 Å². The highest BCUT2D eigenvalue weighted by molar-refractivity contribution is 5.73. The SMILES string of the molecule is CCCCc1nnc(OC2CCN(CCc3nn[nH]n3)CC2)cc1-c1ccc(C2CCCCC2)cc1O. The van der Waals surface area contributed by atoms with Crippen molar-refractivity contribution in [2.45, 2.75) is 89.6 Å². The van der Waals surface area contributed by atoms with Crippen LogP contribution < -0.4 is 4.74 Å². The zero-order chi connectivity index (χ0) is 25.5. The highest BCUT2D eigenvalue weighted by atomic mass is 16.5. The van der Waals surface area contributed by atoms with Gasteiger partial charge in [-0.1, -0.05) is 50.0 Å². The van der Waals surface area contributed by atoms with Crippen LogP contribution >= 0.6 is 0 Å². The van der Waals surface area contributed by atoms with Gasteiger partial charge < -0.3 is 14.7 Å². The Morgan fingerprint density at radius 1 is 0.973 bits per heavy atom. The molecule has 0 radical (unpaired) electrons. The maximum absolute atomic E-state index is 11.1. The molecule has 0 bridgehead atoms. The number of nitrogens with zero attached hydrogens (tertiary/aromatic N) is 6. The molecule has 2 fully saturated rings. The number of ether oxygens (including phenoxy) is 1. The fraction of sp³-hybridized carbons (Fsp3) is 0.607. The van der Waals surface area contributed by atoms with Crippen molar-refractivity contribution >= 4 is 0 Å². The van der Waals surface area contributed by atoms with Crippen LogP contribution in [-0.4, -0.2) is 66.6 Å². The second kappa shape index (κ2) is 12.4. The van der Waals surface area contributed by atoms with Crippen LogP contribution in [0.2, 0.25) is 0 Å². The van der Waals surface area contributed by atoms with E-state index in [1.54, 1.807) is 0 Å². The van der Waals surface area contributed by atoms with E-state index in [9.17, 15) is 5.11 Å². The Kier molecular flexibility index (Phi) is 8.61. The fourth-order valence-corrected chi connectivity index (χ4v) is 5.65. The van der Waals surface area contributed by atoms with E-state index in [-0.39, 0.29) is 6.10 Å². The molecule has 2 N–H and O–H groups in total. The normalized spacial score (nSPS) is 17.8. The van der Waals surface area contributed by atoms with Crippen molar-refractivity contribution in [3.8, 4) is 22.8 Å². The number of H-pyrrole nitrogens is 1. The third kappa shape index (κ3) is 6.63. The van der Waals surface area contributed by atoms with E-state index in [0.717, 1.165) is 80.8 Å². The van der Waals surface area contributed by atoms with E-state index in [0.29, 0.717) is 17.5 Å². The number of hydrogen-bond acceptors (Lipinski definition) is 8. The van der Waals surface area contributed by atoms with Gasteiger partial charge in [0.25, 0.3) is 0 Å². The number of aromatic nitrogens is 6. The Labute approximate surface area is 219 Å². The number of phenols is 1. The molecule has 5 rings (SSSR count). The van der Waals surface area contributed by atoms with Crippen LogP contribution in [0.1, 0.15) is 87.7 Å². The minimum Gasteiger partial charge on any atom is -0.507 e. The maximum atomic E-state index is 11.1. The van der Waals surface area contributed by atoms with E-state index in [2.05, 4.69) is 54.8 Å². The van der Waals surface area contributed by atoms with Gasteiger partial charge in [0.05, 0.1) is 5.69 Å². The van der Waals surface area contributed by atoms with Gasteiger partial charge in [-0.3, -0.25) is 0 Å². The summed E-state index contributed by atoms with van der Waals surface area (Å²) in [6.45, 7) is 5.01. The first-order valence-corrected chi connectivity index (χ1v) is 14.0. The summed E-state index contributed by atoms with van der Waals surface area (Å²) < 4.78 is 6.31. The number of aromatic amines is 1. The molecule has 3 heterocycles. The van der Waals surface area contributed by atoms with E-state index < -0.39 is 0 Å². The molecule has 9 nitrogen and oxygen atoms in total. The average Bonchev–Trinajstić information content (AvgIpc) is 3.46. The molecule has 1 saturated carbocycles. The molecule has 1 aromatic carbocycles. The van der Waals surface area contributed by atoms with Gasteiger partial charge in [0.15, 0.2) is 5.82 Å². The predicted octanol–water partition coefficient (Wildman–Crippen LogP) is 4.84. The standard InChI is InChI=1S/C28H39N7O2/c1-2-3-9-25-24(23-11-10-21(18-26(23)36)20-7-5-4-6-8-20)19-28(32-29-25)37-22-12-15-35(16-13-22)17-14-27-30-33-34-31-27/h10-11,18-20,22,36H,2-9,12-17H2,1H3,(H,30,31,33,34). The predicted molar refractivity (Wildman–Crippen MR) is 142 cm³/mol. The average molecular weight is 506 g/mol. The third-order valence-electron chi connectivity index (χ3n) is 7.87. The lowest BCUT2D eigenvalue weighted by molar-refractivity contribution is 0.0963. The van der Waals surface area contributed by atoms with Crippen LogP contribution in [0.25, 0.3) is 11.1 Å². The van der Waals surface area contributed by atoms with Crippen molar-refractivity contribution in [1.29, 1.82) is 0 Å². The van der Waals surface area contributed by atoms with Gasteiger partial charge in [-0.2, -0.15) is 10.3 Å². The Hall–Kier alpha value is -3.07. The van der Waals surface area contributed by atoms with Crippen LogP contribution in [0.15, 0.2) is 24.3 Å². The summed E-state index contributed by atoms with van der Waals surface area (Å²) in [6, 6.07) is 8.22. The van der Waals surface area contributed by atoms with Gasteiger partial charge >= 0.3 is 0 Å². The second-order valence-corrected chi connectivity index (χ2v) is 10.5. The smallest absolute Gasteiger partial charge is 0.234 e. The molecule has 37 heavy (non-hydrogen) atoms. The van der Waals surface area contributed by atoms with Gasteiger partial charge in [-0.15, -0.1) is 15.3 Å². The van der Waals surface area contributed by atoms with Crippen LogP contribution in [-0.2, 0) is 12.8 Å². The summed E-state index contributed by atoms with van der Waals surface area (Å²) in [5.41, 5.74) is 3.93. The number of aromatic hydroxyl groups is 1. The first kappa shape index (κ1) is 25.6. The molecular formula is C28H39N7O2. The van der Waals surface area contributed by atoms with Gasteiger partial charge in [0, 0.05) is 43.2 Å². The summed E-state index contributed by atoms with van der Waals surface area (Å²) in [5, 5.41) is 34.3. The summed E-state index contributed by atoms with van der Waals surface area (Å²) in [4.78, 5) is 2.41. The number of piperidine rings is 1. The topological polar surface area (TPSA) is 113 Å². The number of likely N-dealkylation sites (tertiary alicyclic amines) is 1. The molecule has 2 aliphatic rings. The maximum Gasteiger partial charge on any atom is 0.234 e. The Morgan fingerprint density at radius 3 is 2.54 bits per heavy atom. The molecule has 1 aliphatic heterocycles. The number of aryl methyl sites for hydroxylation is 1. The molecule has 2 aromatic heterocycles. The van der Waals surface area contributed by atoms with Crippen LogP contribution in [0, 0.1) is 0 Å². The van der Waals surface area contributed by atoms with Crippen molar-refractivity contribution in [1.82, 2.24) is 35.7 Å². The molecule has 198 valence electrons. The Morgan fingerprint density at radius 2 is 1.81 bits per heavy atom. The van der Waals surface area contributed by atoms with Crippen molar-refractivity contribution in [2.24, 2.45) is 0 Å². The summed E-state index contributed by atoms with van der Waals surface area (Å²) in [5.74, 6) is 2.17. The molecule has 1 saturated heterocycles. The van der Waals surface area contributed by atoms with Gasteiger partial charge in [-0.05, 0) is 56.1 Å². The van der Waals surface area contributed by atoms with E-state index in [4.69, 9.17) is 4.74 Å². The number of tetrazole rings is 1. The molecule has 0 spiro atoms. The highest BCUT2D eigenvalue weighted by Gasteiger charge is 2.23. The minimum atomic E-state index is 0.104. The Bertz CT molecular complexity index is 1120. The molecule has 1 aliphatic carbocycles. The van der Waals surface area contributed by atoms with Gasteiger partial charge in [-0.25, -0.2) is 0 Å². The highest BCUT2D eigenvalue weighted by Crippen LogP contribution is 2.39. The largest absolute Gasteiger partial charge is 0.507 e. The Balaban J connectivity index is 1.26. The zero-order valence-corrected chi connectivity index (χ0v) is 21.9. The van der Waals surface area contributed by atoms with Crippen molar-refractivity contribution in [2.75, 3.05) is 19.6 Å². The quantitative estimate of drug-likeness (QED) is 0.402. The van der Waals surface area contributed by atoms with Crippen LogP contribution in [0.4, 0.5) is 0 Å². The van der Waals surface area contributed by atoms with E-state index in [1.165, 1.54) is 37.7 Å². The summed E-state index contributed by atoms with van der Waals surface area (Å²) in [6.07, 6.45) is 12.0. The van der Waals surface area contributed by atoms with Gasteiger partial charge in [0.1, 0.15) is 11.9 Å². The molecule has 0 atom stereocenters. The van der Waals surface area contributed by atoms with E-state index in [1.807, 2.05) is 12.1 Å². The van der Waals surface area contributed by atoms with E-state index >= 15 is 0 Å². The number of hydrogen-bond donors (Lipinski definition) is 2. The van der Waals surface area contributed by atoms with Crippen LogP contribution in [0.3, 0.4) is 0 Å². The van der Waals surface area contributed by atoms with Crippen LogP contribution in [0.5, 0.6) is 11.6 Å². The molecular weight excluding hydrogens is 466 g/mol. The molecule has 0 unspecified atom stereocenters. The first-order valence-electron chi connectivity index (χ1n) is 14.0. The lowest BCUT2D eigenvalue weighted by Crippen LogP contribution is -2.39. The lowest BCUT2D eigenvalue weighted by Gasteiger charge is -2.31. The minimum absolute atomic E-state index is 0.104. The van der Waals surface area contributed by atoms with Crippen molar-refractivity contribution in [3.05, 3.63) is 41.3 Å². The number of benzene rings is 1. The van der Waals surface area contributed by atoms with Crippen molar-refractivity contribution < 1.29 is 9.84 Å². The lowest BCUT2D eigenvalue weighted by atomic mass is 9.83. The first-order chi connectivity index (χ1) is 18.2. The number of unbranched alkanes of at least 4 members (excludes halogenated alkanes) is 1. The second-order valence-electron chi connectivity index (χ2n) is 10.5. The fourth-order valence-electron chi connectivity index (χ4n) is 5.65. The molecule has 3 aromatic rings. The van der Waals surface area contributed by atoms with Gasteiger partial charge in [0.2, 0.25) is 5.88 Å².